The molecule has 5 heteroatoms. The van der Waals surface area contributed by atoms with E-state index in [-0.39, 0.29) is 12.5 Å². The number of aromatic nitrogens is 2. The molecule has 0 aromatic carbocycles. The fourth-order valence-corrected chi connectivity index (χ4v) is 1.82. The number of nitrogens with zero attached hydrogens (tertiary/aromatic N) is 1. The minimum Gasteiger partial charge on any atom is -0.463 e. The number of carbonyl (C=O) groups is 1. The number of rotatable bonds is 3. The zero-order valence-electron chi connectivity index (χ0n) is 8.09. The summed E-state index contributed by atoms with van der Waals surface area (Å²) in [5.41, 5.74) is 0.688. The van der Waals surface area contributed by atoms with Crippen molar-refractivity contribution in [1.82, 2.24) is 9.97 Å². The van der Waals surface area contributed by atoms with E-state index in [1.54, 1.807) is 12.3 Å². The average Bonchev–Trinajstić information content (AvgIpc) is 2.83. The van der Waals surface area contributed by atoms with Gasteiger partial charge in [0, 0.05) is 12.1 Å². The van der Waals surface area contributed by atoms with E-state index in [1.807, 2.05) is 0 Å². The van der Waals surface area contributed by atoms with Gasteiger partial charge in [0.1, 0.15) is 12.7 Å². The van der Waals surface area contributed by atoms with Crippen LogP contribution in [0.25, 0.3) is 0 Å². The Morgan fingerprint density at radius 2 is 2.60 bits per heavy atom. The molecule has 5 nitrogen and oxygen atoms in total. The maximum atomic E-state index is 11.4. The predicted molar refractivity (Wildman–Crippen MR) is 52.0 cm³/mol. The zero-order valence-corrected chi connectivity index (χ0v) is 8.09. The molecule has 1 aromatic rings. The van der Waals surface area contributed by atoms with E-state index in [4.69, 9.17) is 4.74 Å². The van der Waals surface area contributed by atoms with Crippen molar-refractivity contribution in [3.63, 3.8) is 0 Å². The Morgan fingerprint density at radius 1 is 1.80 bits per heavy atom. The van der Waals surface area contributed by atoms with Crippen LogP contribution in [-0.4, -0.2) is 33.8 Å². The number of esters is 1. The van der Waals surface area contributed by atoms with Crippen molar-refractivity contribution in [3.05, 3.63) is 30.9 Å². The van der Waals surface area contributed by atoms with Crippen molar-refractivity contribution < 1.29 is 14.6 Å². The first-order valence-corrected chi connectivity index (χ1v) is 4.70. The molecular weight excluding hydrogens is 196 g/mol. The SMILES string of the molecule is C=CC(c1c[nH]cn1)C1C(=O)OCC1O. The van der Waals surface area contributed by atoms with Crippen molar-refractivity contribution >= 4 is 5.97 Å². The van der Waals surface area contributed by atoms with Gasteiger partial charge in [-0.3, -0.25) is 4.79 Å². The van der Waals surface area contributed by atoms with E-state index in [1.165, 1.54) is 6.33 Å². The molecule has 1 aromatic heterocycles. The summed E-state index contributed by atoms with van der Waals surface area (Å²) >= 11 is 0. The third kappa shape index (κ3) is 1.66. The Hall–Kier alpha value is -1.62. The van der Waals surface area contributed by atoms with Gasteiger partial charge >= 0.3 is 5.97 Å². The van der Waals surface area contributed by atoms with Crippen LogP contribution in [0.15, 0.2) is 25.2 Å². The van der Waals surface area contributed by atoms with E-state index < -0.39 is 18.0 Å². The summed E-state index contributed by atoms with van der Waals surface area (Å²) in [5.74, 6) is -1.29. The zero-order chi connectivity index (χ0) is 10.8. The van der Waals surface area contributed by atoms with Gasteiger partial charge in [-0.1, -0.05) is 6.08 Å². The molecule has 0 spiro atoms. The fourth-order valence-electron chi connectivity index (χ4n) is 1.82. The number of nitrogens with one attached hydrogen (secondary N) is 1. The quantitative estimate of drug-likeness (QED) is 0.550. The number of aliphatic hydroxyl groups excluding tert-OH is 1. The summed E-state index contributed by atoms with van der Waals surface area (Å²) < 4.78 is 4.78. The molecule has 0 bridgehead atoms. The van der Waals surface area contributed by atoms with Gasteiger partial charge in [-0.2, -0.15) is 0 Å². The highest BCUT2D eigenvalue weighted by molar-refractivity contribution is 5.76. The monoisotopic (exact) mass is 208 g/mol. The predicted octanol–water partition coefficient (Wildman–Crippen LogP) is 0.213. The molecule has 0 amide bonds. The Kier molecular flexibility index (Phi) is 2.55. The molecule has 15 heavy (non-hydrogen) atoms. The molecule has 1 aliphatic rings. The summed E-state index contributed by atoms with van der Waals surface area (Å²) in [7, 11) is 0. The van der Waals surface area contributed by atoms with Crippen LogP contribution in [0.5, 0.6) is 0 Å². The van der Waals surface area contributed by atoms with E-state index >= 15 is 0 Å². The number of allylic oxidation sites excluding steroid dienone is 1. The molecule has 1 saturated heterocycles. The number of hydrogen-bond donors (Lipinski definition) is 2. The van der Waals surface area contributed by atoms with E-state index in [0.717, 1.165) is 0 Å². The number of cyclic esters (lactones) is 1. The van der Waals surface area contributed by atoms with Crippen LogP contribution < -0.4 is 0 Å². The van der Waals surface area contributed by atoms with E-state index in [0.29, 0.717) is 5.69 Å². The normalized spacial score (nSPS) is 27.4. The first-order valence-electron chi connectivity index (χ1n) is 4.70. The molecular formula is C10H12N2O3. The average molecular weight is 208 g/mol. The minimum absolute atomic E-state index is 0.0538. The molecule has 0 aliphatic carbocycles. The second-order valence-electron chi connectivity index (χ2n) is 3.48. The van der Waals surface area contributed by atoms with Crippen molar-refractivity contribution in [2.45, 2.75) is 12.0 Å². The first-order chi connectivity index (χ1) is 7.24. The molecule has 2 rings (SSSR count). The van der Waals surface area contributed by atoms with Crippen molar-refractivity contribution in [1.29, 1.82) is 0 Å². The number of hydrogen-bond acceptors (Lipinski definition) is 4. The Balaban J connectivity index is 2.27. The fraction of sp³-hybridized carbons (Fsp3) is 0.400. The Bertz CT molecular complexity index is 361. The lowest BCUT2D eigenvalue weighted by atomic mass is 9.87. The Morgan fingerprint density at radius 3 is 3.07 bits per heavy atom. The molecule has 0 saturated carbocycles. The maximum Gasteiger partial charge on any atom is 0.312 e. The van der Waals surface area contributed by atoms with Gasteiger partial charge in [-0.05, 0) is 0 Å². The molecule has 2 N–H and O–H groups in total. The van der Waals surface area contributed by atoms with E-state index in [2.05, 4.69) is 16.5 Å². The van der Waals surface area contributed by atoms with Crippen LogP contribution in [-0.2, 0) is 9.53 Å². The second-order valence-corrected chi connectivity index (χ2v) is 3.48. The molecule has 1 aliphatic heterocycles. The van der Waals surface area contributed by atoms with Crippen LogP contribution >= 0.6 is 0 Å². The smallest absolute Gasteiger partial charge is 0.312 e. The van der Waals surface area contributed by atoms with Gasteiger partial charge < -0.3 is 14.8 Å². The third-order valence-corrected chi connectivity index (χ3v) is 2.58. The van der Waals surface area contributed by atoms with Gasteiger partial charge in [0.05, 0.1) is 17.9 Å². The lowest BCUT2D eigenvalue weighted by molar-refractivity contribution is -0.141. The maximum absolute atomic E-state index is 11.4. The summed E-state index contributed by atoms with van der Waals surface area (Å²) in [6.45, 7) is 3.71. The molecule has 3 atom stereocenters. The summed E-state index contributed by atoms with van der Waals surface area (Å²) in [6.07, 6.45) is 4.04. The number of imidazole rings is 1. The van der Waals surface area contributed by atoms with Crippen LogP contribution in [0.2, 0.25) is 0 Å². The molecule has 1 fully saturated rings. The molecule has 3 unspecified atom stereocenters. The lowest BCUT2D eigenvalue weighted by Crippen LogP contribution is -2.26. The lowest BCUT2D eigenvalue weighted by Gasteiger charge is -2.16. The molecule has 0 radical (unpaired) electrons. The van der Waals surface area contributed by atoms with Crippen molar-refractivity contribution in [2.75, 3.05) is 6.61 Å². The summed E-state index contributed by atoms with van der Waals surface area (Å²) in [4.78, 5) is 18.3. The van der Waals surface area contributed by atoms with Gasteiger partial charge in [0.2, 0.25) is 0 Å². The van der Waals surface area contributed by atoms with Crippen LogP contribution in [0.3, 0.4) is 0 Å². The van der Waals surface area contributed by atoms with Crippen LogP contribution in [0.4, 0.5) is 0 Å². The van der Waals surface area contributed by atoms with Crippen LogP contribution in [0.1, 0.15) is 11.6 Å². The number of aliphatic hydroxyl groups is 1. The number of H-pyrrole nitrogens is 1. The first kappa shape index (κ1) is 9.92. The van der Waals surface area contributed by atoms with Crippen LogP contribution in [0, 0.1) is 5.92 Å². The standard InChI is InChI=1S/C10H12N2O3/c1-2-6(7-3-11-5-12-7)9-8(13)4-15-10(9)14/h2-3,5-6,8-9,13H,1,4H2,(H,11,12). The minimum atomic E-state index is -0.780. The molecule has 80 valence electrons. The van der Waals surface area contributed by atoms with Gasteiger partial charge in [0.15, 0.2) is 0 Å². The molecule has 2 heterocycles. The van der Waals surface area contributed by atoms with Gasteiger partial charge in [-0.25, -0.2) is 4.98 Å². The Labute approximate surface area is 86.8 Å². The van der Waals surface area contributed by atoms with Gasteiger partial charge in [-0.15, -0.1) is 6.58 Å². The number of carbonyl (C=O) groups excluding carboxylic acids is 1. The summed E-state index contributed by atoms with van der Waals surface area (Å²) in [6, 6.07) is 0. The van der Waals surface area contributed by atoms with Gasteiger partial charge in [0.25, 0.3) is 0 Å². The van der Waals surface area contributed by atoms with Crippen molar-refractivity contribution in [2.24, 2.45) is 5.92 Å². The highest BCUT2D eigenvalue weighted by Crippen LogP contribution is 2.31. The largest absolute Gasteiger partial charge is 0.463 e. The highest BCUT2D eigenvalue weighted by Gasteiger charge is 2.41. The number of aromatic amines is 1. The summed E-state index contributed by atoms with van der Waals surface area (Å²) in [5, 5.41) is 9.63. The second kappa shape index (κ2) is 3.86. The van der Waals surface area contributed by atoms with Crippen molar-refractivity contribution in [3.8, 4) is 0 Å². The topological polar surface area (TPSA) is 75.2 Å². The van der Waals surface area contributed by atoms with E-state index in [9.17, 15) is 9.90 Å². The highest BCUT2D eigenvalue weighted by atomic mass is 16.6. The third-order valence-electron chi connectivity index (χ3n) is 2.58. The number of ether oxygens (including phenoxy) is 1.